The highest BCUT2D eigenvalue weighted by Crippen LogP contribution is 2.22. The van der Waals surface area contributed by atoms with Gasteiger partial charge in [-0.1, -0.05) is 55.3 Å². The molecule has 0 unspecified atom stereocenters. The summed E-state index contributed by atoms with van der Waals surface area (Å²) in [6, 6.07) is 18.5. The lowest BCUT2D eigenvalue weighted by Gasteiger charge is -2.07. The number of ether oxygens (including phenoxy) is 1. The molecule has 0 saturated carbocycles. The van der Waals surface area contributed by atoms with Gasteiger partial charge in [0.25, 0.3) is 0 Å². The molecule has 0 aliphatic carbocycles. The Morgan fingerprint density at radius 3 is 2.35 bits per heavy atom. The van der Waals surface area contributed by atoms with Gasteiger partial charge < -0.3 is 4.74 Å². The smallest absolute Gasteiger partial charge is 0.199 e. The Morgan fingerprint density at radius 2 is 1.62 bits per heavy atom. The van der Waals surface area contributed by atoms with E-state index in [1.807, 2.05) is 30.3 Å². The Kier molecular flexibility index (Phi) is 6.53. The van der Waals surface area contributed by atoms with E-state index in [0.717, 1.165) is 31.4 Å². The Balaban J connectivity index is 1.30. The van der Waals surface area contributed by atoms with Crippen molar-refractivity contribution in [2.24, 2.45) is 0 Å². The van der Waals surface area contributed by atoms with Gasteiger partial charge in [0.2, 0.25) is 0 Å². The van der Waals surface area contributed by atoms with Crippen LogP contribution in [0.15, 0.2) is 60.9 Å². The number of benzene rings is 2. The summed E-state index contributed by atoms with van der Waals surface area (Å²) in [5, 5.41) is 6.29. The third-order valence-electron chi connectivity index (χ3n) is 4.21. The molecule has 0 radical (unpaired) electrons. The van der Waals surface area contributed by atoms with Crippen molar-refractivity contribution in [2.75, 3.05) is 6.61 Å². The van der Waals surface area contributed by atoms with Gasteiger partial charge in [0.1, 0.15) is 12.1 Å². The molecule has 2 aromatic carbocycles. The van der Waals surface area contributed by atoms with Crippen molar-refractivity contribution in [3.8, 4) is 16.9 Å². The van der Waals surface area contributed by atoms with E-state index in [2.05, 4.69) is 39.4 Å². The molecule has 0 saturated heterocycles. The fourth-order valence-electron chi connectivity index (χ4n) is 2.76. The molecule has 0 fully saturated rings. The molecule has 3 rings (SSSR count). The van der Waals surface area contributed by atoms with Gasteiger partial charge in [-0.2, -0.15) is 5.10 Å². The van der Waals surface area contributed by atoms with Gasteiger partial charge in [0.15, 0.2) is 11.6 Å². The van der Waals surface area contributed by atoms with E-state index >= 15 is 0 Å². The number of hydrogen-bond donors (Lipinski definition) is 1. The van der Waals surface area contributed by atoms with Crippen LogP contribution in [0.1, 0.15) is 42.7 Å². The summed E-state index contributed by atoms with van der Waals surface area (Å²) in [7, 11) is 0. The van der Waals surface area contributed by atoms with Gasteiger partial charge in [0, 0.05) is 6.42 Å². The molecule has 0 spiro atoms. The zero-order valence-electron chi connectivity index (χ0n) is 14.7. The molecule has 1 N–H and O–H groups in total. The number of aromatic amines is 1. The zero-order valence-corrected chi connectivity index (χ0v) is 14.7. The van der Waals surface area contributed by atoms with Crippen LogP contribution >= 0.6 is 0 Å². The zero-order chi connectivity index (χ0) is 18.0. The van der Waals surface area contributed by atoms with E-state index in [1.165, 1.54) is 17.5 Å². The lowest BCUT2D eigenvalue weighted by Crippen LogP contribution is -2.02. The first-order chi connectivity index (χ1) is 12.8. The van der Waals surface area contributed by atoms with Crippen molar-refractivity contribution < 1.29 is 9.53 Å². The van der Waals surface area contributed by atoms with Gasteiger partial charge in [-0.3, -0.25) is 9.89 Å². The summed E-state index contributed by atoms with van der Waals surface area (Å²) >= 11 is 0. The summed E-state index contributed by atoms with van der Waals surface area (Å²) in [5.74, 6) is 1.27. The van der Waals surface area contributed by atoms with Crippen LogP contribution in [0.3, 0.4) is 0 Å². The molecule has 5 heteroatoms. The second kappa shape index (κ2) is 9.51. The Morgan fingerprint density at radius 1 is 0.885 bits per heavy atom. The average molecular weight is 349 g/mol. The highest BCUT2D eigenvalue weighted by molar-refractivity contribution is 5.92. The number of carbonyl (C=O) groups is 1. The maximum atomic E-state index is 11.8. The summed E-state index contributed by atoms with van der Waals surface area (Å²) in [6.45, 7) is 0.695. The van der Waals surface area contributed by atoms with Crippen molar-refractivity contribution in [1.29, 1.82) is 0 Å². The van der Waals surface area contributed by atoms with E-state index in [0.29, 0.717) is 18.9 Å². The minimum Gasteiger partial charge on any atom is -0.494 e. The number of unbranched alkanes of at least 4 members (excludes halogenated alkanes) is 3. The minimum atomic E-state index is 0.0252. The molecule has 1 heterocycles. The second-order valence-electron chi connectivity index (χ2n) is 6.16. The summed E-state index contributed by atoms with van der Waals surface area (Å²) < 4.78 is 5.79. The Labute approximate surface area is 153 Å². The molecular formula is C21H23N3O2. The molecule has 0 aliphatic heterocycles. The van der Waals surface area contributed by atoms with Crippen molar-refractivity contribution >= 4 is 5.78 Å². The SMILES string of the molecule is O=C(CCCCCCOc1ccc(-c2ccccc2)cc1)c1ncn[nH]1. The Hall–Kier alpha value is -2.95. The van der Waals surface area contributed by atoms with Crippen LogP contribution in [0.25, 0.3) is 11.1 Å². The Bertz CT molecular complexity index is 784. The molecular weight excluding hydrogens is 326 g/mol. The van der Waals surface area contributed by atoms with Crippen LogP contribution in [0.4, 0.5) is 0 Å². The van der Waals surface area contributed by atoms with Crippen molar-refractivity contribution in [3.63, 3.8) is 0 Å². The first-order valence-corrected chi connectivity index (χ1v) is 9.00. The van der Waals surface area contributed by atoms with Crippen LogP contribution in [0.2, 0.25) is 0 Å². The largest absolute Gasteiger partial charge is 0.494 e. The van der Waals surface area contributed by atoms with E-state index in [4.69, 9.17) is 4.74 Å². The molecule has 1 aromatic heterocycles. The van der Waals surface area contributed by atoms with E-state index in [9.17, 15) is 4.79 Å². The number of hydrogen-bond acceptors (Lipinski definition) is 4. The number of rotatable bonds is 10. The van der Waals surface area contributed by atoms with Gasteiger partial charge in [-0.25, -0.2) is 4.98 Å². The van der Waals surface area contributed by atoms with Crippen LogP contribution in [0.5, 0.6) is 5.75 Å². The summed E-state index contributed by atoms with van der Waals surface area (Å²) in [4.78, 5) is 15.6. The minimum absolute atomic E-state index is 0.0252. The first kappa shape index (κ1) is 17.9. The number of Topliss-reactive ketones (excluding diaryl/α,β-unsaturated/α-hetero) is 1. The topological polar surface area (TPSA) is 67.9 Å². The molecule has 3 aromatic rings. The first-order valence-electron chi connectivity index (χ1n) is 9.00. The fraction of sp³-hybridized carbons (Fsp3) is 0.286. The summed E-state index contributed by atoms with van der Waals surface area (Å²) in [6.07, 6.45) is 5.78. The normalized spacial score (nSPS) is 10.6. The lowest BCUT2D eigenvalue weighted by atomic mass is 10.1. The number of aromatic nitrogens is 3. The highest BCUT2D eigenvalue weighted by Gasteiger charge is 2.07. The predicted octanol–water partition coefficient (Wildman–Crippen LogP) is 4.68. The lowest BCUT2D eigenvalue weighted by molar-refractivity contribution is 0.0969. The van der Waals surface area contributed by atoms with Crippen LogP contribution < -0.4 is 4.74 Å². The highest BCUT2D eigenvalue weighted by atomic mass is 16.5. The third-order valence-corrected chi connectivity index (χ3v) is 4.21. The van der Waals surface area contributed by atoms with Gasteiger partial charge in [0.05, 0.1) is 6.61 Å². The maximum Gasteiger partial charge on any atom is 0.199 e. The van der Waals surface area contributed by atoms with Crippen molar-refractivity contribution in [3.05, 3.63) is 66.7 Å². The van der Waals surface area contributed by atoms with Crippen molar-refractivity contribution in [2.45, 2.75) is 32.1 Å². The fourth-order valence-corrected chi connectivity index (χ4v) is 2.76. The summed E-state index contributed by atoms with van der Waals surface area (Å²) in [5.41, 5.74) is 2.40. The average Bonchev–Trinajstić information content (AvgIpc) is 3.23. The van der Waals surface area contributed by atoms with E-state index in [-0.39, 0.29) is 5.78 Å². The third kappa shape index (κ3) is 5.28. The molecule has 0 bridgehead atoms. The van der Waals surface area contributed by atoms with E-state index in [1.54, 1.807) is 0 Å². The number of carbonyl (C=O) groups excluding carboxylic acids is 1. The van der Waals surface area contributed by atoms with Crippen LogP contribution in [-0.2, 0) is 0 Å². The number of nitrogens with one attached hydrogen (secondary N) is 1. The predicted molar refractivity (Wildman–Crippen MR) is 101 cm³/mol. The number of nitrogens with zero attached hydrogens (tertiary/aromatic N) is 2. The maximum absolute atomic E-state index is 11.8. The van der Waals surface area contributed by atoms with Crippen molar-refractivity contribution in [1.82, 2.24) is 15.2 Å². The quantitative estimate of drug-likeness (QED) is 0.426. The molecule has 26 heavy (non-hydrogen) atoms. The van der Waals surface area contributed by atoms with E-state index < -0.39 is 0 Å². The monoisotopic (exact) mass is 349 g/mol. The molecule has 0 aliphatic rings. The molecule has 134 valence electrons. The van der Waals surface area contributed by atoms with Crippen LogP contribution in [-0.4, -0.2) is 27.6 Å². The van der Waals surface area contributed by atoms with Crippen LogP contribution in [0, 0.1) is 0 Å². The number of H-pyrrole nitrogens is 1. The molecule has 5 nitrogen and oxygen atoms in total. The van der Waals surface area contributed by atoms with Gasteiger partial charge >= 0.3 is 0 Å². The van der Waals surface area contributed by atoms with Gasteiger partial charge in [-0.15, -0.1) is 0 Å². The second-order valence-corrected chi connectivity index (χ2v) is 6.16. The number of ketones is 1. The standard InChI is InChI=1S/C21H23N3O2/c25-20(21-22-16-23-24-21)10-6-1-2-7-15-26-19-13-11-18(12-14-19)17-8-4-3-5-9-17/h3-5,8-9,11-14,16H,1-2,6-7,10,15H2,(H,22,23,24). The van der Waals surface area contributed by atoms with Gasteiger partial charge in [-0.05, 0) is 36.1 Å². The molecule has 0 amide bonds. The molecule has 0 atom stereocenters.